The van der Waals surface area contributed by atoms with Crippen molar-refractivity contribution in [3.63, 3.8) is 0 Å². The van der Waals surface area contributed by atoms with Gasteiger partial charge in [-0.15, -0.1) is 0 Å². The van der Waals surface area contributed by atoms with Crippen LogP contribution in [0.1, 0.15) is 162 Å². The van der Waals surface area contributed by atoms with Gasteiger partial charge in [0.05, 0.1) is 36.6 Å². The van der Waals surface area contributed by atoms with Gasteiger partial charge in [-0.2, -0.15) is 0 Å². The monoisotopic (exact) mass is 596 g/mol. The van der Waals surface area contributed by atoms with Gasteiger partial charge in [0.2, 0.25) is 0 Å². The van der Waals surface area contributed by atoms with Crippen LogP contribution in [-0.2, 0) is 14.3 Å². The summed E-state index contributed by atoms with van der Waals surface area (Å²) < 4.78 is 11.1. The number of aliphatic hydroxyl groups is 4. The van der Waals surface area contributed by atoms with E-state index in [0.717, 1.165) is 70.6 Å². The Bertz CT molecular complexity index is 726. The Hall–Kier alpha value is -0.990. The Balaban J connectivity index is 1.41. The molecule has 0 radical (unpaired) electrons. The lowest BCUT2D eigenvalue weighted by Crippen LogP contribution is -2.31. The Labute approximate surface area is 256 Å². The summed E-state index contributed by atoms with van der Waals surface area (Å²) in [6.07, 6.45) is 22.4. The van der Waals surface area contributed by atoms with E-state index < -0.39 is 18.3 Å². The van der Waals surface area contributed by atoms with Crippen molar-refractivity contribution in [3.8, 4) is 0 Å². The molecular formula is C35H64O7. The topological polar surface area (TPSA) is 116 Å². The highest BCUT2D eigenvalue weighted by molar-refractivity contribution is 5.90. The van der Waals surface area contributed by atoms with E-state index in [1.165, 1.54) is 57.8 Å². The van der Waals surface area contributed by atoms with Crippen LogP contribution in [0, 0.1) is 0 Å². The van der Waals surface area contributed by atoms with Crippen molar-refractivity contribution in [1.29, 1.82) is 0 Å². The minimum Gasteiger partial charge on any atom is -0.455 e. The van der Waals surface area contributed by atoms with Crippen LogP contribution in [-0.4, -0.2) is 69.1 Å². The summed E-state index contributed by atoms with van der Waals surface area (Å²) in [5.41, 5.74) is 0.566. The number of unbranched alkanes of at least 4 members (excludes halogenated alkanes) is 12. The minimum atomic E-state index is -0.551. The first-order valence-electron chi connectivity index (χ1n) is 17.6. The molecule has 7 heteroatoms. The Kier molecular flexibility index (Phi) is 19.9. The molecule has 0 saturated carbocycles. The average molecular weight is 597 g/mol. The van der Waals surface area contributed by atoms with Gasteiger partial charge >= 0.3 is 5.97 Å². The largest absolute Gasteiger partial charge is 0.455 e. The van der Waals surface area contributed by atoms with Gasteiger partial charge in [-0.3, -0.25) is 0 Å². The molecule has 0 aliphatic carbocycles. The molecule has 0 aromatic carbocycles. The third-order valence-corrected chi connectivity index (χ3v) is 9.11. The van der Waals surface area contributed by atoms with Crippen molar-refractivity contribution in [2.45, 2.75) is 204 Å². The molecule has 2 heterocycles. The number of hydrogen-bond acceptors (Lipinski definition) is 7. The molecule has 1 unspecified atom stereocenters. The van der Waals surface area contributed by atoms with Crippen molar-refractivity contribution in [2.75, 3.05) is 0 Å². The Morgan fingerprint density at radius 1 is 0.667 bits per heavy atom. The van der Waals surface area contributed by atoms with Crippen molar-refractivity contribution in [2.24, 2.45) is 0 Å². The zero-order valence-electron chi connectivity index (χ0n) is 26.9. The predicted octanol–water partition coefficient (Wildman–Crippen LogP) is 7.06. The van der Waals surface area contributed by atoms with Gasteiger partial charge in [0.15, 0.2) is 0 Å². The Morgan fingerprint density at radius 3 is 1.60 bits per heavy atom. The SMILES string of the molecule is CCCCCCCCCCCC[C@H](O)[C@@H]1CC[C@H]([C@H](O)CCCCCC(O)CCCC[C@@H](O)CC2=C[C@H](C)OC2=O)O1. The van der Waals surface area contributed by atoms with Crippen LogP contribution in [0.15, 0.2) is 11.6 Å². The highest BCUT2D eigenvalue weighted by Crippen LogP contribution is 2.28. The molecule has 0 aromatic rings. The summed E-state index contributed by atoms with van der Waals surface area (Å²) in [6, 6.07) is 0. The number of aliphatic hydroxyl groups excluding tert-OH is 4. The molecule has 246 valence electrons. The molecule has 42 heavy (non-hydrogen) atoms. The highest BCUT2D eigenvalue weighted by Gasteiger charge is 2.34. The number of hydrogen-bond donors (Lipinski definition) is 4. The number of carbonyl (C=O) groups is 1. The van der Waals surface area contributed by atoms with Gasteiger partial charge in [-0.05, 0) is 57.9 Å². The van der Waals surface area contributed by atoms with Crippen LogP contribution in [0.2, 0.25) is 0 Å². The maximum absolute atomic E-state index is 11.7. The molecule has 0 spiro atoms. The summed E-state index contributed by atoms with van der Waals surface area (Å²) in [5.74, 6) is -0.321. The highest BCUT2D eigenvalue weighted by atomic mass is 16.5. The normalized spacial score (nSPS) is 23.5. The van der Waals surface area contributed by atoms with Crippen LogP contribution in [0.3, 0.4) is 0 Å². The molecule has 2 aliphatic heterocycles. The van der Waals surface area contributed by atoms with E-state index in [1.54, 1.807) is 6.08 Å². The summed E-state index contributed by atoms with van der Waals surface area (Å²) in [4.78, 5) is 11.7. The molecule has 4 N–H and O–H groups in total. The number of rotatable bonds is 26. The maximum atomic E-state index is 11.7. The lowest BCUT2D eigenvalue weighted by molar-refractivity contribution is -0.139. The molecule has 1 fully saturated rings. The first kappa shape index (κ1) is 37.2. The van der Waals surface area contributed by atoms with Gasteiger partial charge in [0.25, 0.3) is 0 Å². The zero-order valence-corrected chi connectivity index (χ0v) is 26.9. The van der Waals surface area contributed by atoms with E-state index in [1.807, 2.05) is 6.92 Å². The third kappa shape index (κ3) is 16.2. The molecular weight excluding hydrogens is 532 g/mol. The van der Waals surface area contributed by atoms with E-state index >= 15 is 0 Å². The summed E-state index contributed by atoms with van der Waals surface area (Å²) in [6.45, 7) is 4.07. The molecule has 2 rings (SSSR count). The smallest absolute Gasteiger partial charge is 0.334 e. The van der Waals surface area contributed by atoms with Gasteiger partial charge in [-0.25, -0.2) is 4.79 Å². The third-order valence-electron chi connectivity index (χ3n) is 9.11. The summed E-state index contributed by atoms with van der Waals surface area (Å²) >= 11 is 0. The van der Waals surface area contributed by atoms with Crippen molar-refractivity contribution < 1.29 is 34.7 Å². The molecule has 7 atom stereocenters. The molecule has 0 bridgehead atoms. The van der Waals surface area contributed by atoms with E-state index in [9.17, 15) is 25.2 Å². The van der Waals surface area contributed by atoms with Crippen LogP contribution in [0.5, 0.6) is 0 Å². The fourth-order valence-electron chi connectivity index (χ4n) is 6.42. The van der Waals surface area contributed by atoms with Crippen LogP contribution >= 0.6 is 0 Å². The molecule has 1 saturated heterocycles. The van der Waals surface area contributed by atoms with E-state index in [-0.39, 0.29) is 30.4 Å². The van der Waals surface area contributed by atoms with E-state index in [2.05, 4.69) is 6.92 Å². The summed E-state index contributed by atoms with van der Waals surface area (Å²) in [5, 5.41) is 41.7. The lowest BCUT2D eigenvalue weighted by atomic mass is 9.99. The fraction of sp³-hybridized carbons (Fsp3) is 0.914. The lowest BCUT2D eigenvalue weighted by Gasteiger charge is -2.22. The second-order valence-electron chi connectivity index (χ2n) is 13.1. The minimum absolute atomic E-state index is 0.139. The molecule has 2 aliphatic rings. The quantitative estimate of drug-likeness (QED) is 0.0624. The zero-order chi connectivity index (χ0) is 30.6. The first-order chi connectivity index (χ1) is 20.3. The molecule has 0 amide bonds. The van der Waals surface area contributed by atoms with Crippen molar-refractivity contribution in [3.05, 3.63) is 11.6 Å². The van der Waals surface area contributed by atoms with Gasteiger partial charge < -0.3 is 29.9 Å². The average Bonchev–Trinajstić information content (AvgIpc) is 3.58. The number of carbonyl (C=O) groups excluding carboxylic acids is 1. The maximum Gasteiger partial charge on any atom is 0.334 e. The van der Waals surface area contributed by atoms with Gasteiger partial charge in [-0.1, -0.05) is 103 Å². The molecule has 0 aromatic heterocycles. The predicted molar refractivity (Wildman–Crippen MR) is 168 cm³/mol. The number of esters is 1. The van der Waals surface area contributed by atoms with Crippen LogP contribution < -0.4 is 0 Å². The second kappa shape index (κ2) is 22.5. The van der Waals surface area contributed by atoms with E-state index in [0.29, 0.717) is 24.8 Å². The van der Waals surface area contributed by atoms with Crippen LogP contribution in [0.25, 0.3) is 0 Å². The number of ether oxygens (including phenoxy) is 2. The van der Waals surface area contributed by atoms with E-state index in [4.69, 9.17) is 9.47 Å². The molecule has 7 nitrogen and oxygen atoms in total. The van der Waals surface area contributed by atoms with Crippen molar-refractivity contribution in [1.82, 2.24) is 0 Å². The first-order valence-corrected chi connectivity index (χ1v) is 17.6. The standard InChI is InChI=1S/C35H64O7/c1-3-4-5-6-7-8-9-10-11-14-21-31(38)33-23-24-34(42-33)32(39)22-15-12-13-18-29(36)19-16-17-20-30(37)26-28-25-27(2)41-35(28)40/h25,27,29-34,36-39H,3-24,26H2,1-2H3/t27-,29?,30+,31-,32+,33-,34+/m0/s1. The summed E-state index contributed by atoms with van der Waals surface area (Å²) in [7, 11) is 0. The van der Waals surface area contributed by atoms with Gasteiger partial charge in [0, 0.05) is 12.0 Å². The Morgan fingerprint density at radius 2 is 1.10 bits per heavy atom. The second-order valence-corrected chi connectivity index (χ2v) is 13.1. The van der Waals surface area contributed by atoms with Crippen molar-refractivity contribution >= 4 is 5.97 Å². The number of cyclic esters (lactones) is 1. The van der Waals surface area contributed by atoms with Gasteiger partial charge in [0.1, 0.15) is 6.10 Å². The van der Waals surface area contributed by atoms with Crippen LogP contribution in [0.4, 0.5) is 0 Å². The fourth-order valence-corrected chi connectivity index (χ4v) is 6.42.